The predicted molar refractivity (Wildman–Crippen MR) is 48.9 cm³/mol. The molecule has 7 heteroatoms. The molecule has 1 N–H and O–H groups in total. The molecule has 2 aromatic rings. The van der Waals surface area contributed by atoms with E-state index >= 15 is 0 Å². The molecule has 0 bridgehead atoms. The molecule has 1 amide bonds. The molecule has 0 fully saturated rings. The Bertz CT molecular complexity index is 447. The Morgan fingerprint density at radius 1 is 1.67 bits per heavy atom. The first kappa shape index (κ1) is 9.38. The zero-order chi connectivity index (χ0) is 10.7. The molecule has 2 rings (SSSR count). The summed E-state index contributed by atoms with van der Waals surface area (Å²) < 4.78 is 6.08. The monoisotopic (exact) mass is 207 g/mol. The second-order valence-electron chi connectivity index (χ2n) is 2.86. The number of carbonyl (C=O) groups is 1. The van der Waals surface area contributed by atoms with Gasteiger partial charge in [-0.25, -0.2) is 9.78 Å². The maximum atomic E-state index is 11.4. The van der Waals surface area contributed by atoms with Crippen molar-refractivity contribution in [2.75, 3.05) is 0 Å². The molecule has 0 saturated carbocycles. The van der Waals surface area contributed by atoms with Crippen molar-refractivity contribution in [1.29, 1.82) is 0 Å². The molecule has 0 spiro atoms. The topological polar surface area (TPSA) is 85.8 Å². The van der Waals surface area contributed by atoms with Gasteiger partial charge in [0.1, 0.15) is 6.33 Å². The highest BCUT2D eigenvalue weighted by Crippen LogP contribution is 1.94. The lowest BCUT2D eigenvalue weighted by Gasteiger charge is -2.00. The third kappa shape index (κ3) is 2.19. The Morgan fingerprint density at radius 2 is 2.53 bits per heavy atom. The van der Waals surface area contributed by atoms with Gasteiger partial charge in [0.15, 0.2) is 5.82 Å². The van der Waals surface area contributed by atoms with E-state index in [1.54, 1.807) is 13.1 Å². The van der Waals surface area contributed by atoms with Gasteiger partial charge in [0.05, 0.1) is 6.54 Å². The van der Waals surface area contributed by atoms with Crippen LogP contribution in [0.4, 0.5) is 4.79 Å². The summed E-state index contributed by atoms with van der Waals surface area (Å²) in [6.45, 7) is 1.92. The van der Waals surface area contributed by atoms with Crippen molar-refractivity contribution in [2.24, 2.45) is 0 Å². The SMILES string of the molecule is Cc1nc(CNC(=O)n2ccnc2)no1. The van der Waals surface area contributed by atoms with E-state index in [0.29, 0.717) is 11.7 Å². The van der Waals surface area contributed by atoms with Crippen LogP contribution in [0, 0.1) is 6.92 Å². The van der Waals surface area contributed by atoms with Crippen LogP contribution in [0.2, 0.25) is 0 Å². The molecule has 0 saturated heterocycles. The fourth-order valence-corrected chi connectivity index (χ4v) is 1.04. The van der Waals surface area contributed by atoms with Crippen LogP contribution in [0.5, 0.6) is 0 Å². The van der Waals surface area contributed by atoms with Gasteiger partial charge >= 0.3 is 6.03 Å². The smallest absolute Gasteiger partial charge is 0.327 e. The van der Waals surface area contributed by atoms with Crippen LogP contribution >= 0.6 is 0 Å². The molecule has 15 heavy (non-hydrogen) atoms. The van der Waals surface area contributed by atoms with Crippen molar-refractivity contribution in [3.63, 3.8) is 0 Å². The van der Waals surface area contributed by atoms with E-state index in [4.69, 9.17) is 4.52 Å². The van der Waals surface area contributed by atoms with Gasteiger partial charge in [-0.05, 0) is 0 Å². The Kier molecular flexibility index (Phi) is 2.44. The second kappa shape index (κ2) is 3.91. The Balaban J connectivity index is 1.91. The van der Waals surface area contributed by atoms with Crippen LogP contribution in [0.15, 0.2) is 23.2 Å². The van der Waals surface area contributed by atoms with Crippen molar-refractivity contribution in [1.82, 2.24) is 25.0 Å². The second-order valence-corrected chi connectivity index (χ2v) is 2.86. The molecule has 0 aliphatic rings. The lowest BCUT2D eigenvalue weighted by molar-refractivity contribution is 0.241. The summed E-state index contributed by atoms with van der Waals surface area (Å²) in [5.74, 6) is 0.919. The van der Waals surface area contributed by atoms with Crippen LogP contribution in [0.3, 0.4) is 0 Å². The quantitative estimate of drug-likeness (QED) is 0.767. The van der Waals surface area contributed by atoms with E-state index in [0.717, 1.165) is 0 Å². The zero-order valence-corrected chi connectivity index (χ0v) is 8.04. The van der Waals surface area contributed by atoms with Crippen LogP contribution < -0.4 is 5.32 Å². The van der Waals surface area contributed by atoms with Crippen molar-refractivity contribution in [2.45, 2.75) is 13.5 Å². The van der Waals surface area contributed by atoms with E-state index in [2.05, 4.69) is 20.4 Å². The van der Waals surface area contributed by atoms with Crippen LogP contribution in [0.25, 0.3) is 0 Å². The highest BCUT2D eigenvalue weighted by atomic mass is 16.5. The molecule has 0 radical (unpaired) electrons. The average Bonchev–Trinajstić information content (AvgIpc) is 2.84. The normalized spacial score (nSPS) is 10.2. The number of hydrogen-bond donors (Lipinski definition) is 1. The summed E-state index contributed by atoms with van der Waals surface area (Å²) in [6.07, 6.45) is 4.49. The third-order valence-electron chi connectivity index (χ3n) is 1.71. The molecule has 0 aliphatic heterocycles. The van der Waals surface area contributed by atoms with Gasteiger partial charge in [0.2, 0.25) is 5.89 Å². The lowest BCUT2D eigenvalue weighted by Crippen LogP contribution is -2.27. The van der Waals surface area contributed by atoms with Gasteiger partial charge in [-0.2, -0.15) is 4.98 Å². The Labute approximate surface area is 85.1 Å². The largest absolute Gasteiger partial charge is 0.340 e. The first-order valence-electron chi connectivity index (χ1n) is 4.31. The van der Waals surface area contributed by atoms with E-state index < -0.39 is 0 Å². The molecule has 7 nitrogen and oxygen atoms in total. The molecular weight excluding hydrogens is 198 g/mol. The standard InChI is InChI=1S/C8H9N5O2/c1-6-11-7(12-15-6)4-10-8(14)13-3-2-9-5-13/h2-3,5H,4H2,1H3,(H,10,14). The number of aryl methyl sites for hydroxylation is 1. The average molecular weight is 207 g/mol. The fraction of sp³-hybridized carbons (Fsp3) is 0.250. The van der Waals surface area contributed by atoms with Gasteiger partial charge < -0.3 is 9.84 Å². The van der Waals surface area contributed by atoms with Gasteiger partial charge in [0.25, 0.3) is 0 Å². The number of nitrogens with one attached hydrogen (secondary N) is 1. The minimum absolute atomic E-state index is 0.231. The lowest BCUT2D eigenvalue weighted by atomic mass is 10.6. The minimum atomic E-state index is -0.282. The van der Waals surface area contributed by atoms with Crippen LogP contribution in [0.1, 0.15) is 11.7 Å². The summed E-state index contributed by atoms with van der Waals surface area (Å²) in [5.41, 5.74) is 0. The molecule has 2 heterocycles. The van der Waals surface area contributed by atoms with E-state index in [1.807, 2.05) is 0 Å². The summed E-state index contributed by atoms with van der Waals surface area (Å²) in [4.78, 5) is 19.1. The first-order chi connectivity index (χ1) is 7.25. The Hall–Kier alpha value is -2.18. The van der Waals surface area contributed by atoms with Gasteiger partial charge in [0, 0.05) is 19.3 Å². The maximum Gasteiger partial charge on any atom is 0.327 e. The fourth-order valence-electron chi connectivity index (χ4n) is 1.04. The predicted octanol–water partition coefficient (Wildman–Crippen LogP) is 0.332. The van der Waals surface area contributed by atoms with Crippen LogP contribution in [-0.4, -0.2) is 25.7 Å². The van der Waals surface area contributed by atoms with E-state index in [1.165, 1.54) is 17.1 Å². The molecule has 0 aromatic carbocycles. The molecule has 0 aliphatic carbocycles. The molecule has 78 valence electrons. The third-order valence-corrected chi connectivity index (χ3v) is 1.71. The number of hydrogen-bond acceptors (Lipinski definition) is 5. The summed E-state index contributed by atoms with van der Waals surface area (Å²) in [6, 6.07) is -0.282. The summed E-state index contributed by atoms with van der Waals surface area (Å²) in [5, 5.41) is 6.26. The van der Waals surface area contributed by atoms with Gasteiger partial charge in [-0.1, -0.05) is 5.16 Å². The van der Waals surface area contributed by atoms with E-state index in [9.17, 15) is 4.79 Å². The number of nitrogens with zero attached hydrogens (tertiary/aromatic N) is 4. The van der Waals surface area contributed by atoms with Crippen molar-refractivity contribution in [3.8, 4) is 0 Å². The number of carbonyl (C=O) groups excluding carboxylic acids is 1. The van der Waals surface area contributed by atoms with Crippen molar-refractivity contribution in [3.05, 3.63) is 30.4 Å². The molecule has 0 unspecified atom stereocenters. The first-order valence-corrected chi connectivity index (χ1v) is 4.31. The molecule has 2 aromatic heterocycles. The highest BCUT2D eigenvalue weighted by Gasteiger charge is 2.06. The van der Waals surface area contributed by atoms with Crippen molar-refractivity contribution >= 4 is 6.03 Å². The summed E-state index contributed by atoms with van der Waals surface area (Å²) >= 11 is 0. The van der Waals surface area contributed by atoms with Gasteiger partial charge in [-0.3, -0.25) is 4.57 Å². The minimum Gasteiger partial charge on any atom is -0.340 e. The van der Waals surface area contributed by atoms with Crippen molar-refractivity contribution < 1.29 is 9.32 Å². The van der Waals surface area contributed by atoms with E-state index in [-0.39, 0.29) is 12.6 Å². The number of amides is 1. The number of rotatable bonds is 2. The number of imidazole rings is 1. The molecule has 0 atom stereocenters. The summed E-state index contributed by atoms with van der Waals surface area (Å²) in [7, 11) is 0. The highest BCUT2D eigenvalue weighted by molar-refractivity contribution is 5.76. The number of aromatic nitrogens is 4. The molecular formula is C8H9N5O2. The Morgan fingerprint density at radius 3 is 3.13 bits per heavy atom. The van der Waals surface area contributed by atoms with Gasteiger partial charge in [-0.15, -0.1) is 0 Å². The zero-order valence-electron chi connectivity index (χ0n) is 8.04. The van der Waals surface area contributed by atoms with Crippen LogP contribution in [-0.2, 0) is 6.54 Å². The maximum absolute atomic E-state index is 11.4.